The number of hydrogen-bond acceptors (Lipinski definition) is 4. The maximum atomic E-state index is 8.86. The van der Waals surface area contributed by atoms with Crippen LogP contribution in [0, 0.1) is 0 Å². The van der Waals surface area contributed by atoms with Crippen molar-refractivity contribution in [3.05, 3.63) is 164 Å². The Bertz CT molecular complexity index is 2770. The molecule has 0 aliphatic carbocycles. The molecular weight excluding hydrogens is 574 g/mol. The van der Waals surface area contributed by atoms with Crippen molar-refractivity contribution in [2.75, 3.05) is 0 Å². The third-order valence-corrected chi connectivity index (χ3v) is 8.38. The third kappa shape index (κ3) is 4.93. The summed E-state index contributed by atoms with van der Waals surface area (Å²) in [5, 5.41) is 3.71. The molecule has 0 aliphatic rings. The van der Waals surface area contributed by atoms with Crippen molar-refractivity contribution in [1.82, 2.24) is 15.0 Å². The molecule has 9 rings (SSSR count). The second-order valence-electron chi connectivity index (χ2n) is 11.3. The van der Waals surface area contributed by atoms with Crippen molar-refractivity contribution >= 4 is 32.7 Å². The summed E-state index contributed by atoms with van der Waals surface area (Å²) >= 11 is 0. The van der Waals surface area contributed by atoms with Gasteiger partial charge in [-0.05, 0) is 57.8 Å². The molecule has 2 aromatic heterocycles. The zero-order valence-corrected chi connectivity index (χ0v) is 25.0. The van der Waals surface area contributed by atoms with Gasteiger partial charge in [-0.2, -0.15) is 0 Å². The Hall–Kier alpha value is -6.39. The van der Waals surface area contributed by atoms with Crippen LogP contribution in [0.2, 0.25) is 0 Å². The molecule has 0 saturated heterocycles. The molecule has 4 heteroatoms. The molecule has 0 N–H and O–H groups in total. The van der Waals surface area contributed by atoms with Gasteiger partial charge in [-0.15, -0.1) is 0 Å². The fraction of sp³-hybridized carbons (Fsp3) is 0. The highest BCUT2D eigenvalue weighted by Gasteiger charge is 2.18. The molecule has 9 aromatic rings. The van der Waals surface area contributed by atoms with E-state index in [0.717, 1.165) is 43.8 Å². The Labute approximate surface area is 278 Å². The van der Waals surface area contributed by atoms with E-state index in [1.165, 1.54) is 0 Å². The summed E-state index contributed by atoms with van der Waals surface area (Å²) in [7, 11) is 0. The monoisotopic (exact) mass is 606 g/mol. The minimum atomic E-state index is -0.447. The fourth-order valence-corrected chi connectivity index (χ4v) is 6.06. The molecule has 0 unspecified atom stereocenters. The first kappa shape index (κ1) is 22.2. The molecule has 0 saturated carbocycles. The van der Waals surface area contributed by atoms with E-state index in [1.807, 2.05) is 109 Å². The molecule has 0 radical (unpaired) electrons. The van der Waals surface area contributed by atoms with E-state index in [9.17, 15) is 0 Å². The van der Waals surface area contributed by atoms with E-state index < -0.39 is 18.1 Å². The number of aromatic nitrogens is 3. The largest absolute Gasteiger partial charge is 0.455 e. The minimum absolute atomic E-state index is 0.0791. The van der Waals surface area contributed by atoms with E-state index >= 15 is 0 Å². The Morgan fingerprint density at radius 2 is 1.04 bits per heavy atom. The number of rotatable bonds is 5. The van der Waals surface area contributed by atoms with E-state index in [0.29, 0.717) is 39.8 Å². The first-order valence-electron chi connectivity index (χ1n) is 17.8. The second-order valence-corrected chi connectivity index (χ2v) is 11.3. The molecule has 220 valence electrons. The summed E-state index contributed by atoms with van der Waals surface area (Å²) in [4.78, 5) is 14.6. The highest BCUT2D eigenvalue weighted by atomic mass is 16.3. The van der Waals surface area contributed by atoms with Gasteiger partial charge in [0.1, 0.15) is 11.2 Å². The summed E-state index contributed by atoms with van der Waals surface area (Å²) in [6.45, 7) is 0. The van der Waals surface area contributed by atoms with E-state index in [4.69, 9.17) is 26.2 Å². The van der Waals surface area contributed by atoms with Crippen molar-refractivity contribution in [2.24, 2.45) is 0 Å². The Morgan fingerprint density at radius 1 is 0.426 bits per heavy atom. The Morgan fingerprint density at radius 3 is 1.74 bits per heavy atom. The minimum Gasteiger partial charge on any atom is -0.455 e. The first-order valence-corrected chi connectivity index (χ1v) is 15.3. The molecule has 0 atom stereocenters. The molecule has 2 heterocycles. The van der Waals surface area contributed by atoms with Gasteiger partial charge in [0.2, 0.25) is 0 Å². The van der Waals surface area contributed by atoms with Crippen LogP contribution in [-0.4, -0.2) is 15.0 Å². The van der Waals surface area contributed by atoms with Gasteiger partial charge in [-0.3, -0.25) is 0 Å². The summed E-state index contributed by atoms with van der Waals surface area (Å²) in [5.74, 6) is 1.55. The predicted molar refractivity (Wildman–Crippen MR) is 192 cm³/mol. The molecule has 47 heavy (non-hydrogen) atoms. The molecule has 0 amide bonds. The smallest absolute Gasteiger partial charge is 0.164 e. The average molecular weight is 607 g/mol. The molecule has 0 spiro atoms. The van der Waals surface area contributed by atoms with Crippen LogP contribution in [0.25, 0.3) is 89.1 Å². The van der Waals surface area contributed by atoms with Gasteiger partial charge in [0.15, 0.2) is 17.5 Å². The van der Waals surface area contributed by atoms with Gasteiger partial charge >= 0.3 is 0 Å². The number of benzene rings is 7. The average Bonchev–Trinajstić information content (AvgIpc) is 3.57. The molecule has 0 fully saturated rings. The Kier molecular flexibility index (Phi) is 5.28. The second kappa shape index (κ2) is 11.2. The summed E-state index contributed by atoms with van der Waals surface area (Å²) in [5.41, 5.74) is 5.62. The van der Waals surface area contributed by atoms with Crippen LogP contribution in [0.15, 0.2) is 168 Å². The van der Waals surface area contributed by atoms with E-state index in [2.05, 4.69) is 24.3 Å². The van der Waals surface area contributed by atoms with Crippen molar-refractivity contribution < 1.29 is 11.3 Å². The van der Waals surface area contributed by atoms with Crippen molar-refractivity contribution in [2.45, 2.75) is 0 Å². The zero-order chi connectivity index (χ0) is 35.5. The van der Waals surface area contributed by atoms with Crippen molar-refractivity contribution in [3.63, 3.8) is 0 Å². The summed E-state index contributed by atoms with van der Waals surface area (Å²) in [6.07, 6.45) is 0. The topological polar surface area (TPSA) is 51.8 Å². The van der Waals surface area contributed by atoms with Gasteiger partial charge in [-0.25, -0.2) is 15.0 Å². The number of furan rings is 1. The van der Waals surface area contributed by atoms with Crippen LogP contribution in [0.4, 0.5) is 0 Å². The molecule has 4 nitrogen and oxygen atoms in total. The summed E-state index contributed by atoms with van der Waals surface area (Å²) < 4.78 is 49.4. The highest BCUT2D eigenvalue weighted by Crippen LogP contribution is 2.41. The van der Waals surface area contributed by atoms with Crippen molar-refractivity contribution in [1.29, 1.82) is 0 Å². The number of nitrogens with zero attached hydrogens (tertiary/aromatic N) is 3. The van der Waals surface area contributed by atoms with Crippen LogP contribution in [-0.2, 0) is 0 Å². The lowest BCUT2D eigenvalue weighted by Crippen LogP contribution is -2.00. The normalized spacial score (nSPS) is 12.9. The van der Waals surface area contributed by atoms with Gasteiger partial charge in [0, 0.05) is 33.0 Å². The Balaban J connectivity index is 1.29. The van der Waals surface area contributed by atoms with Crippen LogP contribution in [0.5, 0.6) is 0 Å². The zero-order valence-electron chi connectivity index (χ0n) is 30.0. The van der Waals surface area contributed by atoms with E-state index in [-0.39, 0.29) is 17.6 Å². The lowest BCUT2D eigenvalue weighted by molar-refractivity contribution is 0.670. The number of hydrogen-bond donors (Lipinski definition) is 0. The van der Waals surface area contributed by atoms with Crippen LogP contribution >= 0.6 is 0 Å². The maximum Gasteiger partial charge on any atom is 0.164 e. The van der Waals surface area contributed by atoms with Crippen molar-refractivity contribution in [3.8, 4) is 56.4 Å². The predicted octanol–water partition coefficient (Wildman–Crippen LogP) is 11.3. The maximum absolute atomic E-state index is 8.86. The van der Waals surface area contributed by atoms with Gasteiger partial charge in [-0.1, -0.05) is 133 Å². The van der Waals surface area contributed by atoms with Gasteiger partial charge in [0.25, 0.3) is 0 Å². The lowest BCUT2D eigenvalue weighted by atomic mass is 9.94. The molecular formula is C43H27N3O. The van der Waals surface area contributed by atoms with Crippen LogP contribution < -0.4 is 0 Å². The SMILES string of the molecule is [2H]c1c([2H])c([2H])c(-c2cc(-c3ccc4ccccc4c3)cc3c2oc2cc(-c4nc(-c5ccccc5)nc(-c5ccccc5)n4)ccc23)c([2H])c1[2H]. The van der Waals surface area contributed by atoms with Gasteiger partial charge < -0.3 is 4.42 Å². The number of fused-ring (bicyclic) bond motifs is 4. The highest BCUT2D eigenvalue weighted by molar-refractivity contribution is 6.12. The van der Waals surface area contributed by atoms with Gasteiger partial charge in [0.05, 0.1) is 6.85 Å². The molecule has 0 bridgehead atoms. The van der Waals surface area contributed by atoms with E-state index in [1.54, 1.807) is 0 Å². The molecule has 0 aliphatic heterocycles. The first-order chi connectivity index (χ1) is 25.3. The quantitative estimate of drug-likeness (QED) is 0.196. The standard InChI is InChI=1S/C43H27N3O/c1-4-13-29(14-5-1)37-25-35(33-21-20-28-12-10-11-19-32(28)24-33)26-38-36-23-22-34(27-39(36)47-40(37)38)43-45-41(30-15-6-2-7-16-30)44-42(46-43)31-17-8-3-9-18-31/h1-27H/i1D,4D,5D,13D,14D. The molecule has 7 aromatic carbocycles. The third-order valence-electron chi connectivity index (χ3n) is 8.38. The summed E-state index contributed by atoms with van der Waals surface area (Å²) in [6, 6.07) is 41.6. The lowest BCUT2D eigenvalue weighted by Gasteiger charge is -2.09. The van der Waals surface area contributed by atoms with Crippen LogP contribution in [0.3, 0.4) is 0 Å². The van der Waals surface area contributed by atoms with Crippen LogP contribution in [0.1, 0.15) is 6.85 Å². The fourth-order valence-electron chi connectivity index (χ4n) is 6.06.